The van der Waals surface area contributed by atoms with Crippen LogP contribution < -0.4 is 10.2 Å². The first-order valence-electron chi connectivity index (χ1n) is 7.14. The predicted molar refractivity (Wildman–Crippen MR) is 80.1 cm³/mol. The number of aromatic nitrogens is 2. The van der Waals surface area contributed by atoms with Gasteiger partial charge in [-0.25, -0.2) is 9.97 Å². The predicted octanol–water partition coefficient (Wildman–Crippen LogP) is 2.19. The lowest BCUT2D eigenvalue weighted by molar-refractivity contribution is -0.119. The van der Waals surface area contributed by atoms with E-state index in [1.165, 1.54) is 0 Å². The highest BCUT2D eigenvalue weighted by atomic mass is 35.5. The normalized spacial score (nSPS) is 18.4. The molecule has 1 aromatic heterocycles. The number of nitrogens with one attached hydrogen (secondary N) is 1. The van der Waals surface area contributed by atoms with Crippen LogP contribution in [0.5, 0.6) is 0 Å². The third-order valence-corrected chi connectivity index (χ3v) is 3.61. The molecule has 1 fully saturated rings. The lowest BCUT2D eigenvalue weighted by atomic mass is 10.2. The van der Waals surface area contributed by atoms with Gasteiger partial charge in [0.2, 0.25) is 11.2 Å². The highest BCUT2D eigenvalue weighted by Gasteiger charge is 2.24. The molecule has 1 aromatic rings. The summed E-state index contributed by atoms with van der Waals surface area (Å²) in [6, 6.07) is 2.21. The standard InChI is InChI=1S/C14H21ClN4O/c1-3-4-5-11-8-13(18-14(15)17-11)19-7-6-12(9-19)16-10(2)20/h8,12H,3-7,9H2,1-2H3,(H,16,20). The molecule has 2 rings (SSSR count). The Labute approximate surface area is 124 Å². The molecule has 1 amide bonds. The molecule has 0 aliphatic carbocycles. The lowest BCUT2D eigenvalue weighted by Gasteiger charge is -2.18. The molecule has 0 bridgehead atoms. The van der Waals surface area contributed by atoms with Crippen LogP contribution in [0.25, 0.3) is 0 Å². The summed E-state index contributed by atoms with van der Waals surface area (Å²) in [4.78, 5) is 21.8. The Morgan fingerprint density at radius 2 is 2.35 bits per heavy atom. The van der Waals surface area contributed by atoms with Gasteiger partial charge in [-0.1, -0.05) is 13.3 Å². The topological polar surface area (TPSA) is 58.1 Å². The Morgan fingerprint density at radius 1 is 1.55 bits per heavy atom. The summed E-state index contributed by atoms with van der Waals surface area (Å²) in [5, 5.41) is 3.25. The van der Waals surface area contributed by atoms with E-state index in [1.807, 2.05) is 6.07 Å². The van der Waals surface area contributed by atoms with Crippen LogP contribution in [0, 0.1) is 0 Å². The van der Waals surface area contributed by atoms with Gasteiger partial charge in [-0.3, -0.25) is 4.79 Å². The third kappa shape index (κ3) is 4.07. The molecule has 1 saturated heterocycles. The van der Waals surface area contributed by atoms with E-state index in [0.717, 1.165) is 50.3 Å². The SMILES string of the molecule is CCCCc1cc(N2CCC(NC(C)=O)C2)nc(Cl)n1. The molecule has 20 heavy (non-hydrogen) atoms. The van der Waals surface area contributed by atoms with E-state index in [9.17, 15) is 4.79 Å². The minimum Gasteiger partial charge on any atom is -0.354 e. The van der Waals surface area contributed by atoms with Crippen LogP contribution in [0.1, 0.15) is 38.8 Å². The minimum atomic E-state index is 0.0150. The zero-order valence-electron chi connectivity index (χ0n) is 12.0. The Balaban J connectivity index is 2.05. The zero-order valence-corrected chi connectivity index (χ0v) is 12.8. The lowest BCUT2D eigenvalue weighted by Crippen LogP contribution is -2.35. The fraction of sp³-hybridized carbons (Fsp3) is 0.643. The van der Waals surface area contributed by atoms with Gasteiger partial charge in [-0.15, -0.1) is 0 Å². The zero-order chi connectivity index (χ0) is 14.5. The highest BCUT2D eigenvalue weighted by Crippen LogP contribution is 2.21. The number of halogens is 1. The molecule has 1 N–H and O–H groups in total. The van der Waals surface area contributed by atoms with Crippen molar-refractivity contribution in [2.75, 3.05) is 18.0 Å². The molecule has 1 aliphatic heterocycles. The number of carbonyl (C=O) groups is 1. The molecule has 0 saturated carbocycles. The van der Waals surface area contributed by atoms with Gasteiger partial charge in [0.1, 0.15) is 5.82 Å². The summed E-state index contributed by atoms with van der Waals surface area (Å²) in [5.41, 5.74) is 0.991. The molecular weight excluding hydrogens is 276 g/mol. The fourth-order valence-corrected chi connectivity index (χ4v) is 2.67. The van der Waals surface area contributed by atoms with Gasteiger partial charge in [0.25, 0.3) is 0 Å². The van der Waals surface area contributed by atoms with E-state index in [-0.39, 0.29) is 11.9 Å². The van der Waals surface area contributed by atoms with E-state index < -0.39 is 0 Å². The Bertz CT molecular complexity index is 480. The molecule has 1 unspecified atom stereocenters. The minimum absolute atomic E-state index is 0.0150. The largest absolute Gasteiger partial charge is 0.354 e. The summed E-state index contributed by atoms with van der Waals surface area (Å²) in [5.74, 6) is 0.880. The molecular formula is C14H21ClN4O. The van der Waals surface area contributed by atoms with Crippen LogP contribution in [0.2, 0.25) is 5.28 Å². The van der Waals surface area contributed by atoms with Gasteiger partial charge in [-0.2, -0.15) is 0 Å². The molecule has 1 atom stereocenters. The Hall–Kier alpha value is -1.36. The van der Waals surface area contributed by atoms with E-state index in [1.54, 1.807) is 6.92 Å². The monoisotopic (exact) mass is 296 g/mol. The van der Waals surface area contributed by atoms with Crippen LogP contribution in [-0.4, -0.2) is 35.0 Å². The van der Waals surface area contributed by atoms with E-state index >= 15 is 0 Å². The maximum atomic E-state index is 11.1. The molecule has 0 spiro atoms. The van der Waals surface area contributed by atoms with E-state index in [4.69, 9.17) is 11.6 Å². The number of amides is 1. The number of carbonyl (C=O) groups excluding carboxylic acids is 1. The average molecular weight is 297 g/mol. The summed E-state index contributed by atoms with van der Waals surface area (Å²) < 4.78 is 0. The maximum Gasteiger partial charge on any atom is 0.224 e. The number of rotatable bonds is 5. The van der Waals surface area contributed by atoms with Gasteiger partial charge in [0.15, 0.2) is 0 Å². The van der Waals surface area contributed by atoms with Gasteiger partial charge in [-0.05, 0) is 30.9 Å². The first-order chi connectivity index (χ1) is 9.58. The number of anilines is 1. The Kier molecular flexibility index (Phi) is 5.17. The van der Waals surface area contributed by atoms with Crippen LogP contribution in [0.3, 0.4) is 0 Å². The summed E-state index contributed by atoms with van der Waals surface area (Å²) >= 11 is 6.01. The number of nitrogens with zero attached hydrogens (tertiary/aromatic N) is 3. The number of hydrogen-bond acceptors (Lipinski definition) is 4. The first-order valence-corrected chi connectivity index (χ1v) is 7.51. The van der Waals surface area contributed by atoms with E-state index in [2.05, 4.69) is 27.1 Å². The Morgan fingerprint density at radius 3 is 3.05 bits per heavy atom. The van der Waals surface area contributed by atoms with Crippen LogP contribution >= 0.6 is 11.6 Å². The second kappa shape index (κ2) is 6.88. The van der Waals surface area contributed by atoms with Crippen LogP contribution in [0.15, 0.2) is 6.07 Å². The molecule has 1 aliphatic rings. The van der Waals surface area contributed by atoms with Crippen molar-refractivity contribution in [3.05, 3.63) is 17.0 Å². The molecule has 0 radical (unpaired) electrons. The van der Waals surface area contributed by atoms with Crippen molar-refractivity contribution in [1.29, 1.82) is 0 Å². The third-order valence-electron chi connectivity index (χ3n) is 3.44. The van der Waals surface area contributed by atoms with Crippen molar-refractivity contribution in [3.8, 4) is 0 Å². The van der Waals surface area contributed by atoms with Crippen molar-refractivity contribution >= 4 is 23.3 Å². The van der Waals surface area contributed by atoms with Gasteiger partial charge >= 0.3 is 0 Å². The second-order valence-corrected chi connectivity index (χ2v) is 5.56. The number of aryl methyl sites for hydroxylation is 1. The van der Waals surface area contributed by atoms with Crippen LogP contribution in [-0.2, 0) is 11.2 Å². The number of hydrogen-bond donors (Lipinski definition) is 1. The van der Waals surface area contributed by atoms with Gasteiger partial charge < -0.3 is 10.2 Å². The molecule has 6 heteroatoms. The first kappa shape index (κ1) is 15.0. The van der Waals surface area contributed by atoms with Crippen LogP contribution in [0.4, 0.5) is 5.82 Å². The van der Waals surface area contributed by atoms with Crippen molar-refractivity contribution in [1.82, 2.24) is 15.3 Å². The average Bonchev–Trinajstić information content (AvgIpc) is 2.83. The maximum absolute atomic E-state index is 11.1. The van der Waals surface area contributed by atoms with Crippen molar-refractivity contribution in [2.45, 2.75) is 45.6 Å². The quantitative estimate of drug-likeness (QED) is 0.846. The summed E-state index contributed by atoms with van der Waals surface area (Å²) in [6.07, 6.45) is 4.09. The molecule has 5 nitrogen and oxygen atoms in total. The molecule has 110 valence electrons. The smallest absolute Gasteiger partial charge is 0.224 e. The van der Waals surface area contributed by atoms with Crippen molar-refractivity contribution < 1.29 is 4.79 Å². The fourth-order valence-electron chi connectivity index (χ4n) is 2.47. The van der Waals surface area contributed by atoms with Crippen molar-refractivity contribution in [2.24, 2.45) is 0 Å². The van der Waals surface area contributed by atoms with E-state index in [0.29, 0.717) is 5.28 Å². The second-order valence-electron chi connectivity index (χ2n) is 5.22. The highest BCUT2D eigenvalue weighted by molar-refractivity contribution is 6.28. The summed E-state index contributed by atoms with van der Waals surface area (Å²) in [6.45, 7) is 5.36. The number of unbranched alkanes of at least 4 members (excludes halogenated alkanes) is 1. The van der Waals surface area contributed by atoms with Gasteiger partial charge in [0.05, 0.1) is 0 Å². The molecule has 0 aromatic carbocycles. The van der Waals surface area contributed by atoms with Gasteiger partial charge in [0, 0.05) is 37.8 Å². The summed E-state index contributed by atoms with van der Waals surface area (Å²) in [7, 11) is 0. The molecule has 2 heterocycles. The van der Waals surface area contributed by atoms with Crippen molar-refractivity contribution in [3.63, 3.8) is 0 Å².